The number of benzene rings is 2. The molecule has 2 aromatic carbocycles. The van der Waals surface area contributed by atoms with Gasteiger partial charge in [-0.1, -0.05) is 35.3 Å². The summed E-state index contributed by atoms with van der Waals surface area (Å²) in [6, 6.07) is 13.1. The highest BCUT2D eigenvalue weighted by Crippen LogP contribution is 2.21. The summed E-state index contributed by atoms with van der Waals surface area (Å²) < 4.78 is 0. The second-order valence-corrected chi connectivity index (χ2v) is 7.23. The van der Waals surface area contributed by atoms with Crippen molar-refractivity contribution in [2.24, 2.45) is 0 Å². The van der Waals surface area contributed by atoms with Crippen LogP contribution in [0, 0.1) is 0 Å². The van der Waals surface area contributed by atoms with Crippen LogP contribution in [0.4, 0.5) is 0 Å². The van der Waals surface area contributed by atoms with Gasteiger partial charge in [-0.05, 0) is 50.0 Å². The number of halogens is 2. The van der Waals surface area contributed by atoms with E-state index in [-0.39, 0.29) is 18.4 Å². The molecule has 1 aromatic heterocycles. The first kappa shape index (κ1) is 18.7. The molecule has 2 N–H and O–H groups in total. The first-order valence-corrected chi connectivity index (χ1v) is 9.00. The average molecular weight is 391 g/mol. The molecule has 0 saturated heterocycles. The lowest BCUT2D eigenvalue weighted by Crippen LogP contribution is -2.35. The molecule has 0 saturated carbocycles. The van der Waals surface area contributed by atoms with Crippen LogP contribution in [-0.2, 0) is 11.2 Å². The highest BCUT2D eigenvalue weighted by atomic mass is 35.5. The van der Waals surface area contributed by atoms with E-state index >= 15 is 0 Å². The predicted octanol–water partition coefficient (Wildman–Crippen LogP) is 3.83. The number of H-pyrrole nitrogens is 1. The second kappa shape index (κ2) is 8.08. The van der Waals surface area contributed by atoms with Crippen molar-refractivity contribution < 1.29 is 4.79 Å². The van der Waals surface area contributed by atoms with Gasteiger partial charge < -0.3 is 15.2 Å². The first-order chi connectivity index (χ1) is 12.4. The molecule has 0 fully saturated rings. The normalized spacial score (nSPS) is 12.5. The summed E-state index contributed by atoms with van der Waals surface area (Å²) in [6.07, 6.45) is 0.183. The van der Waals surface area contributed by atoms with E-state index in [1.165, 1.54) is 0 Å². The molecule has 3 rings (SSSR count). The topological polar surface area (TPSA) is 61.0 Å². The van der Waals surface area contributed by atoms with Gasteiger partial charge in [0.25, 0.3) is 0 Å². The number of rotatable bonds is 6. The van der Waals surface area contributed by atoms with Crippen LogP contribution < -0.4 is 5.32 Å². The zero-order chi connectivity index (χ0) is 18.7. The number of aromatic amines is 1. The smallest absolute Gasteiger partial charge is 0.227 e. The number of fused-ring (bicyclic) bond motifs is 1. The average Bonchev–Trinajstić information content (AvgIpc) is 2.96. The van der Waals surface area contributed by atoms with Crippen LogP contribution in [-0.4, -0.2) is 41.4 Å². The molecule has 26 heavy (non-hydrogen) atoms. The van der Waals surface area contributed by atoms with E-state index in [0.717, 1.165) is 16.6 Å². The van der Waals surface area contributed by atoms with Crippen molar-refractivity contribution in [2.45, 2.75) is 12.5 Å². The Morgan fingerprint density at radius 1 is 1.19 bits per heavy atom. The molecule has 0 aliphatic rings. The van der Waals surface area contributed by atoms with Gasteiger partial charge in [-0.15, -0.1) is 0 Å². The van der Waals surface area contributed by atoms with Crippen LogP contribution in [0.15, 0.2) is 42.5 Å². The molecule has 1 heterocycles. The van der Waals surface area contributed by atoms with Crippen LogP contribution >= 0.6 is 23.2 Å². The number of nitrogens with zero attached hydrogens (tertiary/aromatic N) is 2. The Bertz CT molecular complexity index is 923. The Balaban J connectivity index is 1.64. The van der Waals surface area contributed by atoms with Crippen molar-refractivity contribution in [1.29, 1.82) is 0 Å². The fraction of sp³-hybridized carbons (Fsp3) is 0.263. The molecule has 1 atom stereocenters. The molecule has 5 nitrogen and oxygen atoms in total. The van der Waals surface area contributed by atoms with Crippen molar-refractivity contribution in [2.75, 3.05) is 20.6 Å². The molecular weight excluding hydrogens is 371 g/mol. The summed E-state index contributed by atoms with van der Waals surface area (Å²) in [5.74, 6) is 0.521. The van der Waals surface area contributed by atoms with Crippen molar-refractivity contribution in [3.05, 3.63) is 63.9 Å². The number of aromatic nitrogens is 2. The standard InChI is InChI=1S/C19H20Cl2N4O/c1-25(2)17(12-4-3-5-13(20)8-12)11-22-19(26)10-18-23-15-7-6-14(21)9-16(15)24-18/h3-9,17H,10-11H2,1-2H3,(H,22,26)(H,23,24). The lowest BCUT2D eigenvalue weighted by atomic mass is 10.1. The van der Waals surface area contributed by atoms with Crippen molar-refractivity contribution in [1.82, 2.24) is 20.2 Å². The highest BCUT2D eigenvalue weighted by Gasteiger charge is 2.16. The Morgan fingerprint density at radius 2 is 1.96 bits per heavy atom. The maximum atomic E-state index is 12.3. The zero-order valence-corrected chi connectivity index (χ0v) is 16.1. The number of carbonyl (C=O) groups is 1. The van der Waals surface area contributed by atoms with E-state index in [4.69, 9.17) is 23.2 Å². The van der Waals surface area contributed by atoms with Crippen LogP contribution in [0.25, 0.3) is 11.0 Å². The monoisotopic (exact) mass is 390 g/mol. The van der Waals surface area contributed by atoms with Gasteiger partial charge in [0.2, 0.25) is 5.91 Å². The van der Waals surface area contributed by atoms with Gasteiger partial charge in [0, 0.05) is 16.6 Å². The molecular formula is C19H20Cl2N4O. The number of likely N-dealkylation sites (N-methyl/N-ethyl adjacent to an activating group) is 1. The molecule has 0 bridgehead atoms. The van der Waals surface area contributed by atoms with Gasteiger partial charge in [-0.25, -0.2) is 4.98 Å². The lowest BCUT2D eigenvalue weighted by molar-refractivity contribution is -0.120. The highest BCUT2D eigenvalue weighted by molar-refractivity contribution is 6.31. The molecule has 136 valence electrons. The SMILES string of the molecule is CN(C)C(CNC(=O)Cc1nc2ccc(Cl)cc2[nH]1)c1cccc(Cl)c1. The Labute approximate surface area is 162 Å². The maximum Gasteiger partial charge on any atom is 0.227 e. The maximum absolute atomic E-state index is 12.3. The van der Waals surface area contributed by atoms with Gasteiger partial charge in [-0.3, -0.25) is 4.79 Å². The van der Waals surface area contributed by atoms with E-state index in [0.29, 0.717) is 22.4 Å². The van der Waals surface area contributed by atoms with Crippen molar-refractivity contribution in [3.63, 3.8) is 0 Å². The lowest BCUT2D eigenvalue weighted by Gasteiger charge is -2.25. The second-order valence-electron chi connectivity index (χ2n) is 6.36. The van der Waals surface area contributed by atoms with Gasteiger partial charge in [0.15, 0.2) is 0 Å². The van der Waals surface area contributed by atoms with Crippen molar-refractivity contribution >= 4 is 40.1 Å². The van der Waals surface area contributed by atoms with Crippen LogP contribution in [0.5, 0.6) is 0 Å². The number of nitrogens with one attached hydrogen (secondary N) is 2. The third-order valence-electron chi connectivity index (χ3n) is 4.17. The number of imidazole rings is 1. The van der Waals surface area contributed by atoms with E-state index in [2.05, 4.69) is 20.2 Å². The van der Waals surface area contributed by atoms with Gasteiger partial charge in [-0.2, -0.15) is 0 Å². The minimum absolute atomic E-state index is 0.0344. The van der Waals surface area contributed by atoms with Gasteiger partial charge >= 0.3 is 0 Å². The molecule has 0 radical (unpaired) electrons. The molecule has 0 spiro atoms. The quantitative estimate of drug-likeness (QED) is 0.672. The predicted molar refractivity (Wildman–Crippen MR) is 106 cm³/mol. The summed E-state index contributed by atoms with van der Waals surface area (Å²) in [4.78, 5) is 21.9. The number of hydrogen-bond acceptors (Lipinski definition) is 3. The van der Waals surface area contributed by atoms with E-state index in [1.807, 2.05) is 44.4 Å². The molecule has 1 amide bonds. The van der Waals surface area contributed by atoms with E-state index in [9.17, 15) is 4.79 Å². The molecule has 0 aliphatic heterocycles. The zero-order valence-electron chi connectivity index (χ0n) is 14.6. The number of hydrogen-bond donors (Lipinski definition) is 2. The van der Waals surface area contributed by atoms with Gasteiger partial charge in [0.05, 0.1) is 23.5 Å². The number of carbonyl (C=O) groups excluding carboxylic acids is 1. The Hall–Kier alpha value is -2.08. The fourth-order valence-corrected chi connectivity index (χ4v) is 3.23. The third kappa shape index (κ3) is 4.55. The Morgan fingerprint density at radius 3 is 2.69 bits per heavy atom. The van der Waals surface area contributed by atoms with Crippen molar-refractivity contribution in [3.8, 4) is 0 Å². The summed E-state index contributed by atoms with van der Waals surface area (Å²) in [5, 5.41) is 4.29. The summed E-state index contributed by atoms with van der Waals surface area (Å²) in [6.45, 7) is 0.484. The fourth-order valence-electron chi connectivity index (χ4n) is 2.86. The summed E-state index contributed by atoms with van der Waals surface area (Å²) in [5.41, 5.74) is 2.67. The van der Waals surface area contributed by atoms with Gasteiger partial charge in [0.1, 0.15) is 5.82 Å². The molecule has 0 aliphatic carbocycles. The largest absolute Gasteiger partial charge is 0.354 e. The summed E-state index contributed by atoms with van der Waals surface area (Å²) >= 11 is 12.1. The number of amides is 1. The Kier molecular flexibility index (Phi) is 5.81. The van der Waals surface area contributed by atoms with E-state index in [1.54, 1.807) is 12.1 Å². The van der Waals surface area contributed by atoms with Crippen LogP contribution in [0.3, 0.4) is 0 Å². The van der Waals surface area contributed by atoms with Crippen LogP contribution in [0.1, 0.15) is 17.4 Å². The molecule has 7 heteroatoms. The molecule has 3 aromatic rings. The third-order valence-corrected chi connectivity index (χ3v) is 4.64. The minimum atomic E-state index is -0.0935. The summed E-state index contributed by atoms with van der Waals surface area (Å²) in [7, 11) is 3.95. The first-order valence-electron chi connectivity index (χ1n) is 8.25. The van der Waals surface area contributed by atoms with Crippen LogP contribution in [0.2, 0.25) is 10.0 Å². The van der Waals surface area contributed by atoms with E-state index < -0.39 is 0 Å². The molecule has 1 unspecified atom stereocenters. The minimum Gasteiger partial charge on any atom is -0.354 e.